The van der Waals surface area contributed by atoms with Crippen molar-refractivity contribution in [1.82, 2.24) is 15.0 Å². The molecule has 0 unspecified atom stereocenters. The Hall–Kier alpha value is -2.86. The van der Waals surface area contributed by atoms with Gasteiger partial charge in [-0.25, -0.2) is 4.79 Å². The summed E-state index contributed by atoms with van der Waals surface area (Å²) >= 11 is 5.94. The van der Waals surface area contributed by atoms with Gasteiger partial charge in [-0.15, -0.1) is 0 Å². The Morgan fingerprint density at radius 1 is 1.17 bits per heavy atom. The molecule has 1 aliphatic heterocycles. The molecule has 2 amide bonds. The van der Waals surface area contributed by atoms with Gasteiger partial charge >= 0.3 is 6.03 Å². The van der Waals surface area contributed by atoms with E-state index < -0.39 is 0 Å². The monoisotopic (exact) mass is 410 g/mol. The van der Waals surface area contributed by atoms with Crippen LogP contribution in [-0.4, -0.2) is 34.2 Å². The van der Waals surface area contributed by atoms with E-state index in [0.29, 0.717) is 29.8 Å². The van der Waals surface area contributed by atoms with Gasteiger partial charge in [0, 0.05) is 29.4 Å². The number of halogens is 1. The normalized spacial score (nSPS) is 16.7. The van der Waals surface area contributed by atoms with Crippen LogP contribution in [0.25, 0.3) is 11.4 Å². The van der Waals surface area contributed by atoms with Crippen LogP contribution in [0.2, 0.25) is 5.02 Å². The van der Waals surface area contributed by atoms with Crippen LogP contribution in [0, 0.1) is 13.8 Å². The Labute approximate surface area is 174 Å². The Morgan fingerprint density at radius 2 is 1.97 bits per heavy atom. The number of piperidine rings is 1. The van der Waals surface area contributed by atoms with Crippen LogP contribution in [-0.2, 0) is 0 Å². The van der Waals surface area contributed by atoms with Crippen molar-refractivity contribution in [3.63, 3.8) is 0 Å². The standard InChI is InChI=1S/C22H23ClN4O2/c1-14-5-10-19(12-15(14)2)24-22(28)27-11-3-4-17(13-27)21-25-20(26-29-21)16-6-8-18(23)9-7-16/h5-10,12,17H,3-4,11,13H2,1-2H3,(H,24,28)/t17-/m1/s1. The number of amides is 2. The second kappa shape index (κ2) is 8.25. The van der Waals surface area contributed by atoms with Gasteiger partial charge in [0.2, 0.25) is 11.7 Å². The van der Waals surface area contributed by atoms with E-state index in [1.807, 2.05) is 42.2 Å². The minimum Gasteiger partial charge on any atom is -0.339 e. The first-order chi connectivity index (χ1) is 14.0. The zero-order valence-electron chi connectivity index (χ0n) is 16.5. The first-order valence-corrected chi connectivity index (χ1v) is 10.1. The number of hydrogen-bond acceptors (Lipinski definition) is 4. The average Bonchev–Trinajstić information content (AvgIpc) is 3.22. The Kier molecular flexibility index (Phi) is 5.53. The van der Waals surface area contributed by atoms with E-state index in [2.05, 4.69) is 22.4 Å². The summed E-state index contributed by atoms with van der Waals surface area (Å²) in [6, 6.07) is 13.2. The zero-order valence-corrected chi connectivity index (χ0v) is 17.2. The van der Waals surface area contributed by atoms with Crippen molar-refractivity contribution in [2.24, 2.45) is 0 Å². The Bertz CT molecular complexity index is 1020. The maximum atomic E-state index is 12.7. The van der Waals surface area contributed by atoms with Gasteiger partial charge < -0.3 is 14.7 Å². The molecule has 1 atom stereocenters. The van der Waals surface area contributed by atoms with E-state index in [9.17, 15) is 4.79 Å². The molecule has 0 spiro atoms. The number of urea groups is 1. The van der Waals surface area contributed by atoms with E-state index in [1.54, 1.807) is 12.1 Å². The van der Waals surface area contributed by atoms with Gasteiger partial charge in [0.25, 0.3) is 0 Å². The maximum Gasteiger partial charge on any atom is 0.321 e. The van der Waals surface area contributed by atoms with Gasteiger partial charge in [-0.2, -0.15) is 4.98 Å². The van der Waals surface area contributed by atoms with E-state index in [-0.39, 0.29) is 11.9 Å². The number of carbonyl (C=O) groups excluding carboxylic acids is 1. The number of nitrogens with one attached hydrogen (secondary N) is 1. The van der Waals surface area contributed by atoms with Crippen LogP contribution >= 0.6 is 11.6 Å². The molecule has 1 fully saturated rings. The summed E-state index contributed by atoms with van der Waals surface area (Å²) in [5, 5.41) is 7.76. The molecule has 29 heavy (non-hydrogen) atoms. The zero-order chi connectivity index (χ0) is 20.4. The first kappa shape index (κ1) is 19.5. The lowest BCUT2D eigenvalue weighted by Gasteiger charge is -2.31. The lowest BCUT2D eigenvalue weighted by Crippen LogP contribution is -2.41. The van der Waals surface area contributed by atoms with Crippen molar-refractivity contribution in [3.8, 4) is 11.4 Å². The quantitative estimate of drug-likeness (QED) is 0.625. The minimum atomic E-state index is -0.101. The molecule has 150 valence electrons. The van der Waals surface area contributed by atoms with E-state index >= 15 is 0 Å². The van der Waals surface area contributed by atoms with Crippen molar-refractivity contribution in [1.29, 1.82) is 0 Å². The summed E-state index contributed by atoms with van der Waals surface area (Å²) in [7, 11) is 0. The average molecular weight is 411 g/mol. The number of aromatic nitrogens is 2. The molecule has 1 N–H and O–H groups in total. The molecule has 1 aliphatic rings. The molecule has 7 heteroatoms. The summed E-state index contributed by atoms with van der Waals surface area (Å²) in [6.45, 7) is 5.36. The SMILES string of the molecule is Cc1ccc(NC(=O)N2CCC[C@@H](c3nc(-c4ccc(Cl)cc4)no3)C2)cc1C. The largest absolute Gasteiger partial charge is 0.339 e. The molecular weight excluding hydrogens is 388 g/mol. The van der Waals surface area contributed by atoms with Gasteiger partial charge in [-0.05, 0) is 74.2 Å². The molecule has 0 saturated carbocycles. The molecule has 0 radical (unpaired) electrons. The molecule has 0 bridgehead atoms. The van der Waals surface area contributed by atoms with Crippen molar-refractivity contribution in [2.45, 2.75) is 32.6 Å². The van der Waals surface area contributed by atoms with Gasteiger partial charge in [-0.1, -0.05) is 22.8 Å². The predicted octanol–water partition coefficient (Wildman–Crippen LogP) is 5.42. The third-order valence-electron chi connectivity index (χ3n) is 5.36. The molecule has 2 heterocycles. The number of benzene rings is 2. The van der Waals surface area contributed by atoms with Gasteiger partial charge in [-0.3, -0.25) is 0 Å². The molecule has 3 aromatic rings. The van der Waals surface area contributed by atoms with Crippen LogP contribution in [0.15, 0.2) is 47.0 Å². The fourth-order valence-corrected chi connectivity index (χ4v) is 3.63. The van der Waals surface area contributed by atoms with E-state index in [4.69, 9.17) is 16.1 Å². The predicted molar refractivity (Wildman–Crippen MR) is 113 cm³/mol. The number of likely N-dealkylation sites (tertiary alicyclic amines) is 1. The molecule has 0 aliphatic carbocycles. The number of hydrogen-bond donors (Lipinski definition) is 1. The smallest absolute Gasteiger partial charge is 0.321 e. The summed E-state index contributed by atoms with van der Waals surface area (Å²) in [5.74, 6) is 1.13. The number of nitrogens with zero attached hydrogens (tertiary/aromatic N) is 3. The van der Waals surface area contributed by atoms with Crippen LogP contribution in [0.1, 0.15) is 35.8 Å². The molecule has 6 nitrogen and oxygen atoms in total. The summed E-state index contributed by atoms with van der Waals surface area (Å²) in [5.41, 5.74) is 4.02. The van der Waals surface area contributed by atoms with Crippen LogP contribution in [0.3, 0.4) is 0 Å². The second-order valence-electron chi connectivity index (χ2n) is 7.48. The van der Waals surface area contributed by atoms with Crippen molar-refractivity contribution >= 4 is 23.3 Å². The highest BCUT2D eigenvalue weighted by Gasteiger charge is 2.28. The topological polar surface area (TPSA) is 71.3 Å². The molecular formula is C22H23ClN4O2. The highest BCUT2D eigenvalue weighted by molar-refractivity contribution is 6.30. The summed E-state index contributed by atoms with van der Waals surface area (Å²) in [6.07, 6.45) is 1.80. The molecule has 2 aromatic carbocycles. The third-order valence-corrected chi connectivity index (χ3v) is 5.61. The van der Waals surface area contributed by atoms with E-state index in [1.165, 1.54) is 5.56 Å². The molecule has 1 aromatic heterocycles. The molecule has 1 saturated heterocycles. The first-order valence-electron chi connectivity index (χ1n) is 9.72. The number of anilines is 1. The minimum absolute atomic E-state index is 0.0304. The summed E-state index contributed by atoms with van der Waals surface area (Å²) < 4.78 is 5.51. The number of rotatable bonds is 3. The van der Waals surface area contributed by atoms with Gasteiger partial charge in [0.15, 0.2) is 0 Å². The number of carbonyl (C=O) groups is 1. The lowest BCUT2D eigenvalue weighted by atomic mass is 9.98. The highest BCUT2D eigenvalue weighted by Crippen LogP contribution is 2.28. The maximum absolute atomic E-state index is 12.7. The lowest BCUT2D eigenvalue weighted by molar-refractivity contribution is 0.184. The van der Waals surface area contributed by atoms with Gasteiger partial charge in [0.1, 0.15) is 0 Å². The molecule has 4 rings (SSSR count). The van der Waals surface area contributed by atoms with Gasteiger partial charge in [0.05, 0.1) is 5.92 Å². The fraction of sp³-hybridized carbons (Fsp3) is 0.318. The van der Waals surface area contributed by atoms with Crippen molar-refractivity contribution < 1.29 is 9.32 Å². The van der Waals surface area contributed by atoms with Crippen molar-refractivity contribution in [2.75, 3.05) is 18.4 Å². The second-order valence-corrected chi connectivity index (χ2v) is 7.91. The van der Waals surface area contributed by atoms with E-state index in [0.717, 1.165) is 29.7 Å². The van der Waals surface area contributed by atoms with Crippen molar-refractivity contribution in [3.05, 3.63) is 64.5 Å². The van der Waals surface area contributed by atoms with Crippen LogP contribution in [0.4, 0.5) is 10.5 Å². The third kappa shape index (κ3) is 4.43. The van der Waals surface area contributed by atoms with Crippen LogP contribution < -0.4 is 5.32 Å². The fourth-order valence-electron chi connectivity index (χ4n) is 3.50. The highest BCUT2D eigenvalue weighted by atomic mass is 35.5. The van der Waals surface area contributed by atoms with Crippen LogP contribution in [0.5, 0.6) is 0 Å². The Balaban J connectivity index is 1.43. The Morgan fingerprint density at radius 3 is 2.72 bits per heavy atom. The summed E-state index contributed by atoms with van der Waals surface area (Å²) in [4.78, 5) is 19.1. The number of aryl methyl sites for hydroxylation is 2.